The number of rotatable bonds is 4. The summed E-state index contributed by atoms with van der Waals surface area (Å²) >= 11 is 0. The quantitative estimate of drug-likeness (QED) is 0.827. The third kappa shape index (κ3) is 3.88. The van der Waals surface area contributed by atoms with Crippen LogP contribution >= 0.6 is 0 Å². The lowest BCUT2D eigenvalue weighted by Gasteiger charge is -2.24. The van der Waals surface area contributed by atoms with Gasteiger partial charge in [-0.05, 0) is 38.0 Å². The molecule has 2 aliphatic rings. The van der Waals surface area contributed by atoms with Gasteiger partial charge in [0.2, 0.25) is 0 Å². The summed E-state index contributed by atoms with van der Waals surface area (Å²) in [4.78, 5) is 13.1. The van der Waals surface area contributed by atoms with Gasteiger partial charge in [-0.15, -0.1) is 0 Å². The van der Waals surface area contributed by atoms with Crippen molar-refractivity contribution in [3.63, 3.8) is 0 Å². The molecule has 10 heteroatoms. The highest BCUT2D eigenvalue weighted by Crippen LogP contribution is 2.31. The Morgan fingerprint density at radius 3 is 2.36 bits per heavy atom. The van der Waals surface area contributed by atoms with Gasteiger partial charge in [-0.1, -0.05) is 0 Å². The zero-order valence-electron chi connectivity index (χ0n) is 15.3. The smallest absolute Gasteiger partial charge is 0.381 e. The van der Waals surface area contributed by atoms with Gasteiger partial charge in [0.25, 0.3) is 5.56 Å². The Labute approximate surface area is 159 Å². The Morgan fingerprint density at radius 1 is 1.11 bits per heavy atom. The van der Waals surface area contributed by atoms with Gasteiger partial charge in [0, 0.05) is 49.7 Å². The van der Waals surface area contributed by atoms with Crippen LogP contribution in [0.15, 0.2) is 10.9 Å². The number of alkyl halides is 3. The average Bonchev–Trinajstić information content (AvgIpc) is 3.29. The monoisotopic (exact) mass is 400 g/mol. The van der Waals surface area contributed by atoms with Crippen LogP contribution in [0.25, 0.3) is 5.82 Å². The number of aromatic amines is 2. The van der Waals surface area contributed by atoms with Crippen LogP contribution in [0, 0.1) is 5.92 Å². The maximum atomic E-state index is 13.1. The SMILES string of the molecule is O=c1c(CC2CCOCC2)c(C2CCOCC2)[nH]n1-c1cc(C(F)(F)F)[nH]n1. The first-order valence-corrected chi connectivity index (χ1v) is 9.55. The minimum atomic E-state index is -4.55. The minimum absolute atomic E-state index is 0.0798. The Balaban J connectivity index is 1.70. The first kappa shape index (κ1) is 19.3. The lowest BCUT2D eigenvalue weighted by Crippen LogP contribution is -2.23. The maximum Gasteiger partial charge on any atom is 0.432 e. The van der Waals surface area contributed by atoms with Gasteiger partial charge in [0.1, 0.15) is 5.69 Å². The Bertz CT molecular complexity index is 858. The molecule has 2 aromatic heterocycles. The molecule has 7 nitrogen and oxygen atoms in total. The topological polar surface area (TPSA) is 84.9 Å². The molecule has 0 unspecified atom stereocenters. The van der Waals surface area contributed by atoms with Gasteiger partial charge >= 0.3 is 6.18 Å². The van der Waals surface area contributed by atoms with Crippen LogP contribution in [0.1, 0.15) is 48.6 Å². The molecule has 0 amide bonds. The van der Waals surface area contributed by atoms with Crippen molar-refractivity contribution in [3.05, 3.63) is 33.4 Å². The van der Waals surface area contributed by atoms with Gasteiger partial charge in [-0.25, -0.2) is 0 Å². The molecule has 0 bridgehead atoms. The van der Waals surface area contributed by atoms with Gasteiger partial charge in [0.15, 0.2) is 5.82 Å². The summed E-state index contributed by atoms with van der Waals surface area (Å²) in [6.45, 7) is 2.55. The summed E-state index contributed by atoms with van der Waals surface area (Å²) < 4.78 is 50.7. The molecule has 0 spiro atoms. The first-order chi connectivity index (χ1) is 13.4. The molecule has 154 valence electrons. The second-order valence-corrected chi connectivity index (χ2v) is 7.43. The average molecular weight is 400 g/mol. The predicted octanol–water partition coefficient (Wildman–Crippen LogP) is 2.77. The number of hydrogen-bond acceptors (Lipinski definition) is 4. The fraction of sp³-hybridized carbons (Fsp3) is 0.667. The number of H-pyrrole nitrogens is 2. The molecule has 4 rings (SSSR count). The Morgan fingerprint density at radius 2 is 1.75 bits per heavy atom. The van der Waals surface area contributed by atoms with E-state index < -0.39 is 11.9 Å². The predicted molar refractivity (Wildman–Crippen MR) is 93.6 cm³/mol. The zero-order valence-corrected chi connectivity index (χ0v) is 15.3. The molecule has 0 radical (unpaired) electrons. The van der Waals surface area contributed by atoms with Crippen molar-refractivity contribution in [2.45, 2.75) is 44.2 Å². The molecule has 2 aromatic rings. The summed E-state index contributed by atoms with van der Waals surface area (Å²) in [6.07, 6.45) is -0.661. The molecule has 4 heterocycles. The third-order valence-electron chi connectivity index (χ3n) is 5.58. The molecule has 2 saturated heterocycles. The Kier molecular flexibility index (Phi) is 5.33. The largest absolute Gasteiger partial charge is 0.432 e. The molecule has 0 saturated carbocycles. The fourth-order valence-electron chi connectivity index (χ4n) is 3.98. The van der Waals surface area contributed by atoms with Gasteiger partial charge in [-0.3, -0.25) is 15.0 Å². The third-order valence-corrected chi connectivity index (χ3v) is 5.58. The van der Waals surface area contributed by atoms with E-state index in [4.69, 9.17) is 9.47 Å². The van der Waals surface area contributed by atoms with E-state index in [1.165, 1.54) is 0 Å². The number of halogens is 3. The summed E-state index contributed by atoms with van der Waals surface area (Å²) in [5.41, 5.74) is 0.141. The van der Waals surface area contributed by atoms with E-state index in [2.05, 4.69) is 10.2 Å². The number of ether oxygens (including phenoxy) is 2. The van der Waals surface area contributed by atoms with Crippen LogP contribution in [0.3, 0.4) is 0 Å². The molecule has 0 aliphatic carbocycles. The molecule has 2 fully saturated rings. The van der Waals surface area contributed by atoms with E-state index in [0.717, 1.165) is 42.1 Å². The molecule has 28 heavy (non-hydrogen) atoms. The molecule has 0 aromatic carbocycles. The van der Waals surface area contributed by atoms with Crippen LogP contribution in [0.2, 0.25) is 0 Å². The highest BCUT2D eigenvalue weighted by Gasteiger charge is 2.34. The minimum Gasteiger partial charge on any atom is -0.381 e. The molecule has 2 N–H and O–H groups in total. The Hall–Kier alpha value is -2.07. The van der Waals surface area contributed by atoms with Gasteiger partial charge in [-0.2, -0.15) is 23.0 Å². The lowest BCUT2D eigenvalue weighted by atomic mass is 9.87. The highest BCUT2D eigenvalue weighted by molar-refractivity contribution is 5.30. The second kappa shape index (κ2) is 7.75. The molecular formula is C18H23F3N4O3. The van der Waals surface area contributed by atoms with Crippen LogP contribution in [-0.4, -0.2) is 46.4 Å². The first-order valence-electron chi connectivity index (χ1n) is 9.55. The molecular weight excluding hydrogens is 377 g/mol. The second-order valence-electron chi connectivity index (χ2n) is 7.43. The van der Waals surface area contributed by atoms with E-state index in [1.54, 1.807) is 0 Å². The number of nitrogens with one attached hydrogen (secondary N) is 2. The van der Waals surface area contributed by atoms with Crippen LogP contribution in [0.5, 0.6) is 0 Å². The number of aromatic nitrogens is 4. The van der Waals surface area contributed by atoms with Crippen LogP contribution < -0.4 is 5.56 Å². The van der Waals surface area contributed by atoms with E-state index in [1.807, 2.05) is 5.10 Å². The number of hydrogen-bond donors (Lipinski definition) is 2. The number of nitrogens with zero attached hydrogens (tertiary/aromatic N) is 2. The standard InChI is InChI=1S/C18H23F3N4O3/c19-18(20,21)14-10-15(23-22-14)25-17(26)13(9-11-1-5-27-6-2-11)16(24-25)12-3-7-28-8-4-12/h10-12,24H,1-9H2,(H,22,23). The van der Waals surface area contributed by atoms with Crippen molar-refractivity contribution >= 4 is 0 Å². The summed E-state index contributed by atoms with van der Waals surface area (Å²) in [7, 11) is 0. The molecule has 2 aliphatic heterocycles. The van der Waals surface area contributed by atoms with E-state index in [0.29, 0.717) is 44.3 Å². The van der Waals surface area contributed by atoms with Crippen molar-refractivity contribution < 1.29 is 22.6 Å². The van der Waals surface area contributed by atoms with Crippen molar-refractivity contribution in [1.82, 2.24) is 20.0 Å². The lowest BCUT2D eigenvalue weighted by molar-refractivity contribution is -0.141. The van der Waals surface area contributed by atoms with Crippen molar-refractivity contribution in [1.29, 1.82) is 0 Å². The van der Waals surface area contributed by atoms with Crippen molar-refractivity contribution in [2.75, 3.05) is 26.4 Å². The molecule has 0 atom stereocenters. The summed E-state index contributed by atoms with van der Waals surface area (Å²) in [5, 5.41) is 8.73. The highest BCUT2D eigenvalue weighted by atomic mass is 19.4. The van der Waals surface area contributed by atoms with Gasteiger partial charge in [0.05, 0.1) is 0 Å². The van der Waals surface area contributed by atoms with Crippen molar-refractivity contribution in [3.8, 4) is 5.82 Å². The van der Waals surface area contributed by atoms with Crippen LogP contribution in [-0.2, 0) is 22.1 Å². The maximum absolute atomic E-state index is 13.1. The van der Waals surface area contributed by atoms with E-state index in [9.17, 15) is 18.0 Å². The zero-order chi connectivity index (χ0) is 19.7. The van der Waals surface area contributed by atoms with E-state index in [-0.39, 0.29) is 17.3 Å². The fourth-order valence-corrected chi connectivity index (χ4v) is 3.98. The van der Waals surface area contributed by atoms with Gasteiger partial charge < -0.3 is 9.47 Å². The van der Waals surface area contributed by atoms with Crippen molar-refractivity contribution in [2.24, 2.45) is 5.92 Å². The van der Waals surface area contributed by atoms with E-state index >= 15 is 0 Å². The van der Waals surface area contributed by atoms with Crippen LogP contribution in [0.4, 0.5) is 13.2 Å². The normalized spacial score (nSPS) is 20.0. The summed E-state index contributed by atoms with van der Waals surface area (Å²) in [6, 6.07) is 0.851. The summed E-state index contributed by atoms with van der Waals surface area (Å²) in [5.74, 6) is 0.372.